The molecule has 0 spiro atoms. The number of carboxylic acid groups (broad SMARTS) is 1. The number of hydrogen-bond donors (Lipinski definition) is 6. The van der Waals surface area contributed by atoms with Gasteiger partial charge in [-0.2, -0.15) is 13.2 Å². The van der Waals surface area contributed by atoms with Crippen molar-refractivity contribution < 1.29 is 56.6 Å². The van der Waals surface area contributed by atoms with Crippen LogP contribution in [0, 0.1) is 0 Å². The number of primary amides is 1. The Hall–Kier alpha value is -5.00. The maximum Gasteiger partial charge on any atom is 0.490 e. The summed E-state index contributed by atoms with van der Waals surface area (Å²) in [6.07, 6.45) is 0.183. The van der Waals surface area contributed by atoms with Crippen molar-refractivity contribution in [3.8, 4) is 0 Å². The molecule has 5 amide bonds. The van der Waals surface area contributed by atoms with Crippen LogP contribution < -0.4 is 27.4 Å². The van der Waals surface area contributed by atoms with E-state index in [0.717, 1.165) is 5.56 Å². The minimum Gasteiger partial charge on any atom is -0.475 e. The highest BCUT2D eigenvalue weighted by molar-refractivity contribution is 5.94. The number of alkyl halides is 3. The monoisotopic (exact) mass is 714 g/mol. The molecule has 0 bridgehead atoms. The summed E-state index contributed by atoms with van der Waals surface area (Å²) in [5.41, 5.74) is 11.7. The summed E-state index contributed by atoms with van der Waals surface area (Å²) in [5.74, 6) is -5.74. The van der Waals surface area contributed by atoms with Crippen LogP contribution >= 0.6 is 0 Å². The second-order valence-electron chi connectivity index (χ2n) is 11.3. The van der Waals surface area contributed by atoms with Gasteiger partial charge >= 0.3 is 18.1 Å². The lowest BCUT2D eigenvalue weighted by Crippen LogP contribution is -2.56. The Labute approximate surface area is 287 Å². The summed E-state index contributed by atoms with van der Waals surface area (Å²) in [6, 6.07) is 5.77. The molecule has 0 saturated carbocycles. The van der Waals surface area contributed by atoms with Gasteiger partial charge in [-0.05, 0) is 57.6 Å². The highest BCUT2D eigenvalue weighted by Gasteiger charge is 2.38. The number of carboxylic acids is 1. The Balaban J connectivity index is 0.00000161. The van der Waals surface area contributed by atoms with E-state index in [1.165, 1.54) is 30.9 Å². The predicted octanol–water partition coefficient (Wildman–Crippen LogP) is 0.799. The Kier molecular flexibility index (Phi) is 18.8. The summed E-state index contributed by atoms with van der Waals surface area (Å²) in [6.45, 7) is 3.84. The first kappa shape index (κ1) is 43.0. The third kappa shape index (κ3) is 16.9. The van der Waals surface area contributed by atoms with E-state index in [9.17, 15) is 41.9 Å². The number of aliphatic carboxylic acids is 1. The molecule has 0 aliphatic carbocycles. The molecular weight excluding hydrogens is 669 g/mol. The first-order chi connectivity index (χ1) is 23.5. The lowest BCUT2D eigenvalue weighted by atomic mass is 10.1. The Morgan fingerprint density at radius 1 is 1.02 bits per heavy atom. The fraction of sp³-hybridized carbons (Fsp3) is 0.531. The van der Waals surface area contributed by atoms with Crippen molar-refractivity contribution in [3.63, 3.8) is 0 Å². The van der Waals surface area contributed by atoms with E-state index in [-0.39, 0.29) is 31.8 Å². The largest absolute Gasteiger partial charge is 0.490 e. The number of nitrogens with one attached hydrogen (secondary N) is 3. The number of carbonyl (C=O) groups excluding carboxylic acids is 6. The molecule has 0 unspecified atom stereocenters. The van der Waals surface area contributed by atoms with Crippen molar-refractivity contribution in [2.45, 2.75) is 95.7 Å². The maximum atomic E-state index is 13.3. The zero-order valence-corrected chi connectivity index (χ0v) is 27.9. The highest BCUT2D eigenvalue weighted by Crippen LogP contribution is 2.17. The lowest BCUT2D eigenvalue weighted by Gasteiger charge is -2.26. The van der Waals surface area contributed by atoms with Crippen LogP contribution in [-0.2, 0) is 44.9 Å². The average Bonchev–Trinajstić information content (AvgIpc) is 3.56. The summed E-state index contributed by atoms with van der Waals surface area (Å²) in [5, 5.41) is 15.2. The number of halogens is 3. The number of amides is 5. The number of unbranched alkanes of at least 4 members (excludes halogenated alkanes) is 1. The molecule has 50 heavy (non-hydrogen) atoms. The topological polar surface area (TPSA) is 240 Å². The Bertz CT molecular complexity index is 1340. The average molecular weight is 715 g/mol. The smallest absolute Gasteiger partial charge is 0.475 e. The summed E-state index contributed by atoms with van der Waals surface area (Å²) in [7, 11) is 0. The van der Waals surface area contributed by atoms with Crippen LogP contribution in [0.4, 0.5) is 13.2 Å². The second-order valence-corrected chi connectivity index (χ2v) is 11.3. The van der Waals surface area contributed by atoms with E-state index >= 15 is 0 Å². The van der Waals surface area contributed by atoms with Crippen LogP contribution in [0.25, 0.3) is 0 Å². The Morgan fingerprint density at radius 3 is 2.22 bits per heavy atom. The molecule has 1 aromatic carbocycles. The molecule has 0 aromatic heterocycles. The van der Waals surface area contributed by atoms with Gasteiger partial charge in [-0.3, -0.25) is 24.0 Å². The van der Waals surface area contributed by atoms with E-state index in [4.69, 9.17) is 26.1 Å². The van der Waals surface area contributed by atoms with Crippen molar-refractivity contribution in [3.05, 3.63) is 48.0 Å². The van der Waals surface area contributed by atoms with Gasteiger partial charge in [0.2, 0.25) is 29.5 Å². The van der Waals surface area contributed by atoms with Gasteiger partial charge in [0.05, 0.1) is 0 Å². The van der Waals surface area contributed by atoms with Crippen LogP contribution in [0.3, 0.4) is 0 Å². The fourth-order valence-corrected chi connectivity index (χ4v) is 4.62. The molecule has 4 atom stereocenters. The second kappa shape index (κ2) is 21.9. The van der Waals surface area contributed by atoms with Gasteiger partial charge in [-0.25, -0.2) is 9.59 Å². The van der Waals surface area contributed by atoms with E-state index in [1.807, 2.05) is 30.3 Å². The number of nitrogens with two attached hydrogens (primary N) is 2. The molecule has 1 aromatic rings. The number of hydrogen-bond acceptors (Lipinski definition) is 9. The first-order valence-corrected chi connectivity index (χ1v) is 15.8. The quantitative estimate of drug-likeness (QED) is 0.0754. The zero-order valence-electron chi connectivity index (χ0n) is 27.9. The van der Waals surface area contributed by atoms with Crippen molar-refractivity contribution >= 4 is 41.5 Å². The standard InChI is InChI=1S/C30H44N6O7.C2HF3O2/c1-20(33-30(42)25-12-8-18-36(25)21(2)37)28(40)35-24(11-6-7-17-31)29(41)34-23(13-15-26(32)38)14-16-27(39)43-19-22-9-4-3-5-10-22;3-2(4,5)1(6)7/h3-5,9-10,14,16,20,23-25H,6-8,11-13,15,17-19,31H2,1-2H3,(H2,32,38)(H,33,42)(H,34,41)(H,35,40);(H,6,7)/b16-14+;/t20-,23-,24-,25-;/m0./s1. The fourth-order valence-electron chi connectivity index (χ4n) is 4.62. The summed E-state index contributed by atoms with van der Waals surface area (Å²) < 4.78 is 37.0. The number of nitrogens with zero attached hydrogens (tertiary/aromatic N) is 1. The van der Waals surface area contributed by atoms with Gasteiger partial charge < -0.3 is 42.2 Å². The van der Waals surface area contributed by atoms with E-state index in [0.29, 0.717) is 38.8 Å². The summed E-state index contributed by atoms with van der Waals surface area (Å²) >= 11 is 0. The van der Waals surface area contributed by atoms with Crippen molar-refractivity contribution in [1.82, 2.24) is 20.9 Å². The highest BCUT2D eigenvalue weighted by atomic mass is 19.4. The van der Waals surface area contributed by atoms with E-state index in [2.05, 4.69) is 16.0 Å². The maximum absolute atomic E-state index is 13.3. The predicted molar refractivity (Wildman–Crippen MR) is 172 cm³/mol. The third-order valence-corrected chi connectivity index (χ3v) is 7.25. The van der Waals surface area contributed by atoms with Crippen molar-refractivity contribution in [2.75, 3.05) is 13.1 Å². The molecule has 1 aliphatic heterocycles. The molecule has 1 fully saturated rings. The number of benzene rings is 1. The molecule has 1 saturated heterocycles. The number of carbonyl (C=O) groups is 7. The van der Waals surface area contributed by atoms with Crippen molar-refractivity contribution in [2.24, 2.45) is 11.5 Å². The normalized spacial score (nSPS) is 15.9. The van der Waals surface area contributed by atoms with Gasteiger partial charge in [0.1, 0.15) is 24.7 Å². The number of ether oxygens (including phenoxy) is 1. The van der Waals surface area contributed by atoms with Gasteiger partial charge in [0.25, 0.3) is 0 Å². The van der Waals surface area contributed by atoms with Gasteiger partial charge in [-0.1, -0.05) is 36.4 Å². The van der Waals surface area contributed by atoms with E-state index < -0.39 is 65.9 Å². The van der Waals surface area contributed by atoms with Crippen LogP contribution in [0.15, 0.2) is 42.5 Å². The van der Waals surface area contributed by atoms with Gasteiger partial charge in [0, 0.05) is 32.0 Å². The minimum atomic E-state index is -5.08. The lowest BCUT2D eigenvalue weighted by molar-refractivity contribution is -0.192. The molecule has 2 rings (SSSR count). The number of likely N-dealkylation sites (tertiary alicyclic amines) is 1. The minimum absolute atomic E-state index is 0.0555. The van der Waals surface area contributed by atoms with Gasteiger partial charge in [0.15, 0.2) is 0 Å². The number of esters is 1. The van der Waals surface area contributed by atoms with E-state index in [1.54, 1.807) is 0 Å². The first-order valence-electron chi connectivity index (χ1n) is 15.8. The number of rotatable bonds is 17. The SMILES string of the molecule is CC(=O)N1CCC[C@H]1C(=O)N[C@@H](C)C(=O)N[C@@H](CCCCN)C(=O)N[C@H](/C=C/C(=O)OCc1ccccc1)CCC(N)=O.O=C(O)C(F)(F)F. The van der Waals surface area contributed by atoms with Crippen LogP contribution in [0.2, 0.25) is 0 Å². The van der Waals surface area contributed by atoms with Crippen LogP contribution in [-0.4, -0.2) is 94.9 Å². The molecular formula is C32H45F3N6O9. The summed E-state index contributed by atoms with van der Waals surface area (Å²) in [4.78, 5) is 85.0. The molecule has 18 heteroatoms. The molecule has 1 aliphatic rings. The van der Waals surface area contributed by atoms with Crippen LogP contribution in [0.5, 0.6) is 0 Å². The molecule has 8 N–H and O–H groups in total. The van der Waals surface area contributed by atoms with Crippen molar-refractivity contribution in [1.29, 1.82) is 0 Å². The Morgan fingerprint density at radius 2 is 1.66 bits per heavy atom. The van der Waals surface area contributed by atoms with Gasteiger partial charge in [-0.15, -0.1) is 0 Å². The molecule has 0 radical (unpaired) electrons. The molecule has 15 nitrogen and oxygen atoms in total. The van der Waals surface area contributed by atoms with Crippen LogP contribution in [0.1, 0.15) is 64.4 Å². The zero-order chi connectivity index (χ0) is 37.9. The molecule has 278 valence electrons. The third-order valence-electron chi connectivity index (χ3n) is 7.25. The molecule has 1 heterocycles.